The average molecular weight is 588 g/mol. The molecule has 1 aliphatic heterocycles. The first-order valence-electron chi connectivity index (χ1n) is 10.3. The predicted octanol–water partition coefficient (Wildman–Crippen LogP) is 5.50. The van der Waals surface area contributed by atoms with Gasteiger partial charge in [0.05, 0.1) is 16.8 Å². The van der Waals surface area contributed by atoms with E-state index >= 15 is 0 Å². The number of aryl methyl sites for hydroxylation is 1. The highest BCUT2D eigenvalue weighted by Crippen LogP contribution is 2.38. The molecule has 3 heterocycles. The largest absolute Gasteiger partial charge is 0.622 e. The number of nitrogens with zero attached hydrogens (tertiary/aromatic N) is 3. The lowest BCUT2D eigenvalue weighted by Gasteiger charge is -2.38. The van der Waals surface area contributed by atoms with E-state index in [2.05, 4.69) is 11.6 Å². The Morgan fingerprint density at radius 1 is 1.47 bits per heavy atom. The maximum Gasteiger partial charge on any atom is 0.378 e. The number of hydrogen-bond donors (Lipinski definition) is 0. The molecule has 0 aliphatic carbocycles. The van der Waals surface area contributed by atoms with E-state index in [-0.39, 0.29) is 12.4 Å². The van der Waals surface area contributed by atoms with Crippen LogP contribution in [0.25, 0.3) is 10.2 Å². The SMILES string of the molecule is C=CCCCN1CC(OC(=O)c2ccc(I)o2)[N+]([O-])(c2nc3ccc(CCCl)cc3s2)C1. The van der Waals surface area contributed by atoms with Crippen molar-refractivity contribution < 1.29 is 13.9 Å². The second-order valence-corrected chi connectivity index (χ2v) is 10.1. The van der Waals surface area contributed by atoms with Gasteiger partial charge in [-0.3, -0.25) is 4.65 Å². The summed E-state index contributed by atoms with van der Waals surface area (Å²) in [5.41, 5.74) is 1.86. The van der Waals surface area contributed by atoms with Crippen LogP contribution in [0, 0.1) is 8.97 Å². The van der Waals surface area contributed by atoms with Crippen LogP contribution in [0.3, 0.4) is 0 Å². The second-order valence-electron chi connectivity index (χ2n) is 7.65. The summed E-state index contributed by atoms with van der Waals surface area (Å²) in [6.07, 6.45) is 3.41. The number of unbranched alkanes of at least 4 members (excludes halogenated alkanes) is 1. The zero-order valence-corrected chi connectivity index (χ0v) is 21.1. The lowest BCUT2D eigenvalue weighted by atomic mass is 10.2. The summed E-state index contributed by atoms with van der Waals surface area (Å²) >= 11 is 9.19. The molecule has 10 heteroatoms. The number of thiazole rings is 1. The zero-order chi connectivity index (χ0) is 22.7. The first kappa shape index (κ1) is 23.7. The van der Waals surface area contributed by atoms with E-state index in [9.17, 15) is 10.0 Å². The average Bonchev–Trinajstić information content (AvgIpc) is 3.46. The van der Waals surface area contributed by atoms with Gasteiger partial charge in [-0.05, 0) is 71.7 Å². The summed E-state index contributed by atoms with van der Waals surface area (Å²) in [6, 6.07) is 9.14. The van der Waals surface area contributed by atoms with Gasteiger partial charge < -0.3 is 14.4 Å². The number of aromatic nitrogens is 1. The summed E-state index contributed by atoms with van der Waals surface area (Å²) in [6.45, 7) is 4.97. The predicted molar refractivity (Wildman–Crippen MR) is 136 cm³/mol. The van der Waals surface area contributed by atoms with E-state index in [4.69, 9.17) is 20.8 Å². The second kappa shape index (κ2) is 10.2. The molecule has 2 aromatic heterocycles. The van der Waals surface area contributed by atoms with Crippen molar-refractivity contribution in [1.29, 1.82) is 0 Å². The number of furan rings is 1. The number of rotatable bonds is 9. The van der Waals surface area contributed by atoms with Gasteiger partial charge in [-0.15, -0.1) is 18.2 Å². The molecular formula is C22H23ClIN3O4S. The van der Waals surface area contributed by atoms with Crippen LogP contribution in [0.1, 0.15) is 29.0 Å². The molecule has 170 valence electrons. The number of esters is 1. The molecule has 1 saturated heterocycles. The molecule has 0 saturated carbocycles. The molecule has 0 bridgehead atoms. The summed E-state index contributed by atoms with van der Waals surface area (Å²) in [5.74, 6) is -0.0296. The number of benzene rings is 1. The number of ether oxygens (including phenoxy) is 1. The Kier molecular flexibility index (Phi) is 7.53. The highest BCUT2D eigenvalue weighted by atomic mass is 127. The molecule has 7 nitrogen and oxygen atoms in total. The topological polar surface area (TPSA) is 78.6 Å². The van der Waals surface area contributed by atoms with Crippen LogP contribution in [0.15, 0.2) is 47.4 Å². The molecule has 1 fully saturated rings. The Bertz CT molecular complexity index is 1120. The number of carbonyl (C=O) groups excluding carboxylic acids is 1. The van der Waals surface area contributed by atoms with Crippen molar-refractivity contribution in [2.45, 2.75) is 25.5 Å². The van der Waals surface area contributed by atoms with Crippen molar-refractivity contribution in [2.75, 3.05) is 25.6 Å². The van der Waals surface area contributed by atoms with E-state index in [1.54, 1.807) is 12.1 Å². The smallest absolute Gasteiger partial charge is 0.378 e. The lowest BCUT2D eigenvalue weighted by Crippen LogP contribution is -2.50. The summed E-state index contributed by atoms with van der Waals surface area (Å²) < 4.78 is 11.7. The Hall–Kier alpha value is -1.50. The standard InChI is InChI=1S/C22H23ClIN3O4S/c1-2-3-4-11-26-13-20(31-21(28)17-7-8-19(24)30-17)27(29,14-26)22-25-16-6-5-15(9-10-23)12-18(16)32-22/h2,5-8,12,20H,1,3-4,9-11,13-14H2. The first-order chi connectivity index (χ1) is 15.4. The molecule has 32 heavy (non-hydrogen) atoms. The van der Waals surface area contributed by atoms with Crippen molar-refractivity contribution in [3.05, 3.63) is 63.3 Å². The molecule has 0 amide bonds. The summed E-state index contributed by atoms with van der Waals surface area (Å²) in [4.78, 5) is 19.3. The van der Waals surface area contributed by atoms with Crippen LogP contribution in [0.4, 0.5) is 5.13 Å². The Balaban J connectivity index is 1.62. The van der Waals surface area contributed by atoms with Crippen molar-refractivity contribution in [3.63, 3.8) is 0 Å². The summed E-state index contributed by atoms with van der Waals surface area (Å²) in [7, 11) is 0. The lowest BCUT2D eigenvalue weighted by molar-refractivity contribution is 0.00238. The van der Waals surface area contributed by atoms with Gasteiger partial charge in [-0.2, -0.15) is 4.98 Å². The number of alkyl halides is 1. The van der Waals surface area contributed by atoms with Gasteiger partial charge in [0.25, 0.3) is 11.4 Å². The minimum absolute atomic E-state index is 0.0843. The molecule has 0 N–H and O–H groups in total. The molecule has 2 unspecified atom stereocenters. The normalized spacial score (nSPS) is 21.3. The molecule has 2 atom stereocenters. The number of hydroxylamine groups is 2. The van der Waals surface area contributed by atoms with Crippen molar-refractivity contribution in [1.82, 2.24) is 14.5 Å². The number of fused-ring (bicyclic) bond motifs is 1. The molecule has 1 aromatic carbocycles. The fraction of sp³-hybridized carbons (Fsp3) is 0.364. The van der Waals surface area contributed by atoms with Gasteiger partial charge in [0, 0.05) is 12.4 Å². The van der Waals surface area contributed by atoms with Crippen molar-refractivity contribution in [2.24, 2.45) is 0 Å². The zero-order valence-electron chi connectivity index (χ0n) is 17.3. The van der Waals surface area contributed by atoms with E-state index in [1.807, 2.05) is 51.8 Å². The maximum atomic E-state index is 14.1. The highest BCUT2D eigenvalue weighted by Gasteiger charge is 2.46. The molecule has 0 radical (unpaired) electrons. The van der Waals surface area contributed by atoms with Crippen LogP contribution in [0.2, 0.25) is 0 Å². The molecule has 3 aromatic rings. The van der Waals surface area contributed by atoms with E-state index in [0.29, 0.717) is 27.9 Å². The van der Waals surface area contributed by atoms with Gasteiger partial charge in [-0.1, -0.05) is 23.5 Å². The number of hydrogen-bond acceptors (Lipinski definition) is 7. The number of quaternary nitrogens is 1. The third-order valence-corrected chi connectivity index (χ3v) is 7.24. The maximum absolute atomic E-state index is 14.1. The first-order valence-corrected chi connectivity index (χ1v) is 12.7. The Morgan fingerprint density at radius 2 is 2.31 bits per heavy atom. The number of halogens is 2. The van der Waals surface area contributed by atoms with Gasteiger partial charge in [0.1, 0.15) is 6.67 Å². The number of allylic oxidation sites excluding steroid dienone is 1. The van der Waals surface area contributed by atoms with Gasteiger partial charge >= 0.3 is 5.97 Å². The highest BCUT2D eigenvalue weighted by molar-refractivity contribution is 14.1. The molecule has 1 aliphatic rings. The molecule has 0 spiro atoms. The fourth-order valence-electron chi connectivity index (χ4n) is 3.72. The van der Waals surface area contributed by atoms with Crippen LogP contribution in [-0.2, 0) is 11.2 Å². The van der Waals surface area contributed by atoms with E-state index in [0.717, 1.165) is 35.0 Å². The third-order valence-electron chi connectivity index (χ3n) is 5.34. The molecular weight excluding hydrogens is 565 g/mol. The van der Waals surface area contributed by atoms with Crippen LogP contribution < -0.4 is 4.65 Å². The Labute approximate surface area is 208 Å². The Morgan fingerprint density at radius 3 is 3.03 bits per heavy atom. The van der Waals surface area contributed by atoms with Crippen molar-refractivity contribution in [3.8, 4) is 0 Å². The summed E-state index contributed by atoms with van der Waals surface area (Å²) in [5, 5.41) is 14.5. The van der Waals surface area contributed by atoms with Gasteiger partial charge in [0.2, 0.25) is 5.76 Å². The quantitative estimate of drug-likeness (QED) is 0.0626. The van der Waals surface area contributed by atoms with Crippen LogP contribution in [-0.4, -0.2) is 47.7 Å². The minimum Gasteiger partial charge on any atom is -0.622 e. The fourth-order valence-corrected chi connectivity index (χ4v) is 5.45. The third kappa shape index (κ3) is 5.02. The van der Waals surface area contributed by atoms with Crippen LogP contribution >= 0.6 is 45.5 Å². The minimum atomic E-state index is -0.933. The monoisotopic (exact) mass is 587 g/mol. The molecule has 4 rings (SSSR count). The van der Waals surface area contributed by atoms with E-state index in [1.165, 1.54) is 11.3 Å². The van der Waals surface area contributed by atoms with E-state index < -0.39 is 16.8 Å². The van der Waals surface area contributed by atoms with Gasteiger partial charge in [0.15, 0.2) is 3.77 Å². The van der Waals surface area contributed by atoms with Crippen molar-refractivity contribution >= 4 is 66.8 Å². The van der Waals surface area contributed by atoms with Crippen LogP contribution in [0.5, 0.6) is 0 Å². The van der Waals surface area contributed by atoms with Gasteiger partial charge in [-0.25, -0.2) is 9.69 Å². The number of carbonyl (C=O) groups is 1.